The van der Waals surface area contributed by atoms with Gasteiger partial charge in [-0.15, -0.1) is 0 Å². The summed E-state index contributed by atoms with van der Waals surface area (Å²) in [5.74, 6) is 0.398. The van der Waals surface area contributed by atoms with Crippen LogP contribution in [-0.4, -0.2) is 23.9 Å². The lowest BCUT2D eigenvalue weighted by molar-refractivity contribution is -0.126. The second-order valence-corrected chi connectivity index (χ2v) is 4.91. The molecule has 1 atom stereocenters. The van der Waals surface area contributed by atoms with Crippen molar-refractivity contribution in [1.82, 2.24) is 4.90 Å². The Labute approximate surface area is 107 Å². The molecule has 1 amide bonds. The minimum Gasteiger partial charge on any atom is -0.339 e. The third-order valence-electron chi connectivity index (χ3n) is 3.55. The van der Waals surface area contributed by atoms with Crippen LogP contribution < -0.4 is 0 Å². The number of carbonyl (C=O) groups excluding carboxylic acids is 1. The monoisotopic (exact) mass is 247 g/mol. The van der Waals surface area contributed by atoms with Crippen LogP contribution >= 0.6 is 0 Å². The minimum absolute atomic E-state index is 0.00118. The van der Waals surface area contributed by atoms with E-state index in [-0.39, 0.29) is 11.7 Å². The number of carbonyl (C=O) groups is 1. The van der Waals surface area contributed by atoms with Gasteiger partial charge in [0.1, 0.15) is 5.82 Å². The van der Waals surface area contributed by atoms with Crippen molar-refractivity contribution < 1.29 is 9.18 Å². The van der Waals surface area contributed by atoms with Crippen LogP contribution in [0, 0.1) is 11.7 Å². The molecular formula is C15H18FNO. The number of amides is 1. The summed E-state index contributed by atoms with van der Waals surface area (Å²) in [6, 6.07) is 6.39. The van der Waals surface area contributed by atoms with Crippen molar-refractivity contribution in [2.45, 2.75) is 25.8 Å². The summed E-state index contributed by atoms with van der Waals surface area (Å²) >= 11 is 0. The van der Waals surface area contributed by atoms with Crippen LogP contribution in [0.3, 0.4) is 0 Å². The van der Waals surface area contributed by atoms with E-state index in [4.69, 9.17) is 0 Å². The van der Waals surface area contributed by atoms with Gasteiger partial charge in [-0.3, -0.25) is 4.79 Å². The number of rotatable bonds is 4. The zero-order valence-corrected chi connectivity index (χ0v) is 10.8. The number of halogens is 1. The molecule has 2 rings (SSSR count). The van der Waals surface area contributed by atoms with Crippen molar-refractivity contribution in [3.8, 4) is 0 Å². The SMILES string of the molecule is CC(C1CC1)N(C)C(=O)/C=C/c1ccc(F)cc1. The number of hydrogen-bond acceptors (Lipinski definition) is 1. The summed E-state index contributed by atoms with van der Waals surface area (Å²) in [6.07, 6.45) is 5.71. The first-order valence-electron chi connectivity index (χ1n) is 6.28. The van der Waals surface area contributed by atoms with Gasteiger partial charge in [-0.05, 0) is 49.5 Å². The molecule has 1 aliphatic carbocycles. The molecule has 0 saturated heterocycles. The Morgan fingerprint density at radius 2 is 2.00 bits per heavy atom. The molecular weight excluding hydrogens is 229 g/mol. The second-order valence-electron chi connectivity index (χ2n) is 4.91. The maximum absolute atomic E-state index is 12.7. The van der Waals surface area contributed by atoms with Gasteiger partial charge in [-0.1, -0.05) is 12.1 Å². The summed E-state index contributed by atoms with van der Waals surface area (Å²) in [6.45, 7) is 2.08. The molecule has 0 radical (unpaired) electrons. The van der Waals surface area contributed by atoms with E-state index < -0.39 is 0 Å². The van der Waals surface area contributed by atoms with E-state index in [1.165, 1.54) is 25.0 Å². The molecule has 1 aliphatic rings. The lowest BCUT2D eigenvalue weighted by Crippen LogP contribution is -2.35. The van der Waals surface area contributed by atoms with Gasteiger partial charge in [0, 0.05) is 19.2 Å². The van der Waals surface area contributed by atoms with Gasteiger partial charge in [0.25, 0.3) is 0 Å². The highest BCUT2D eigenvalue weighted by molar-refractivity contribution is 5.91. The zero-order chi connectivity index (χ0) is 13.1. The molecule has 0 heterocycles. The third kappa shape index (κ3) is 3.19. The van der Waals surface area contributed by atoms with Crippen LogP contribution in [0.4, 0.5) is 4.39 Å². The van der Waals surface area contributed by atoms with Gasteiger partial charge in [0.05, 0.1) is 0 Å². The molecule has 18 heavy (non-hydrogen) atoms. The largest absolute Gasteiger partial charge is 0.339 e. The van der Waals surface area contributed by atoms with Crippen molar-refractivity contribution >= 4 is 12.0 Å². The van der Waals surface area contributed by atoms with E-state index in [2.05, 4.69) is 6.92 Å². The van der Waals surface area contributed by atoms with Crippen LogP contribution in [0.1, 0.15) is 25.3 Å². The van der Waals surface area contributed by atoms with Gasteiger partial charge in [0.2, 0.25) is 5.91 Å². The Hall–Kier alpha value is -1.64. The van der Waals surface area contributed by atoms with Crippen molar-refractivity contribution in [3.63, 3.8) is 0 Å². The second kappa shape index (κ2) is 5.34. The molecule has 1 aromatic carbocycles. The maximum atomic E-state index is 12.7. The van der Waals surface area contributed by atoms with E-state index in [0.29, 0.717) is 12.0 Å². The van der Waals surface area contributed by atoms with Gasteiger partial charge in [0.15, 0.2) is 0 Å². The fraction of sp³-hybridized carbons (Fsp3) is 0.400. The van der Waals surface area contributed by atoms with Crippen molar-refractivity contribution in [3.05, 3.63) is 41.7 Å². The van der Waals surface area contributed by atoms with E-state index in [0.717, 1.165) is 5.56 Å². The predicted octanol–water partition coefficient (Wildman–Crippen LogP) is 3.10. The first kappa shape index (κ1) is 12.8. The van der Waals surface area contributed by atoms with Crippen LogP contribution in [0.15, 0.2) is 30.3 Å². The summed E-state index contributed by atoms with van der Waals surface area (Å²) in [4.78, 5) is 13.7. The molecule has 1 saturated carbocycles. The Bertz CT molecular complexity index is 448. The Morgan fingerprint density at radius 1 is 1.39 bits per heavy atom. The van der Waals surface area contributed by atoms with Gasteiger partial charge < -0.3 is 4.90 Å². The van der Waals surface area contributed by atoms with Crippen molar-refractivity contribution in [1.29, 1.82) is 0 Å². The molecule has 1 aromatic rings. The number of benzene rings is 1. The molecule has 0 bridgehead atoms. The molecule has 96 valence electrons. The van der Waals surface area contributed by atoms with E-state index in [1.54, 1.807) is 29.2 Å². The van der Waals surface area contributed by atoms with Crippen LogP contribution in [0.25, 0.3) is 6.08 Å². The molecule has 1 fully saturated rings. The highest BCUT2D eigenvalue weighted by atomic mass is 19.1. The van der Waals surface area contributed by atoms with Crippen molar-refractivity contribution in [2.24, 2.45) is 5.92 Å². The Balaban J connectivity index is 1.95. The molecule has 0 aliphatic heterocycles. The summed E-state index contributed by atoms with van der Waals surface area (Å²) in [5.41, 5.74) is 0.831. The first-order chi connectivity index (χ1) is 8.58. The topological polar surface area (TPSA) is 20.3 Å². The standard InChI is InChI=1S/C15H18FNO/c1-11(13-6-7-13)17(2)15(18)10-5-12-3-8-14(16)9-4-12/h3-5,8-11,13H,6-7H2,1-2H3/b10-5+. The summed E-state index contributed by atoms with van der Waals surface area (Å²) in [5, 5.41) is 0. The highest BCUT2D eigenvalue weighted by Crippen LogP contribution is 2.34. The van der Waals surface area contributed by atoms with Crippen LogP contribution in [0.5, 0.6) is 0 Å². The smallest absolute Gasteiger partial charge is 0.246 e. The number of likely N-dealkylation sites (N-methyl/N-ethyl adjacent to an activating group) is 1. The average Bonchev–Trinajstić information content (AvgIpc) is 3.20. The fourth-order valence-electron chi connectivity index (χ4n) is 1.95. The average molecular weight is 247 g/mol. The van der Waals surface area contributed by atoms with Gasteiger partial charge in [-0.2, -0.15) is 0 Å². The maximum Gasteiger partial charge on any atom is 0.246 e. The Morgan fingerprint density at radius 3 is 2.56 bits per heavy atom. The first-order valence-corrected chi connectivity index (χ1v) is 6.28. The number of nitrogens with zero attached hydrogens (tertiary/aromatic N) is 1. The van der Waals surface area contributed by atoms with Crippen LogP contribution in [-0.2, 0) is 4.79 Å². The lowest BCUT2D eigenvalue weighted by atomic mass is 10.1. The molecule has 3 heteroatoms. The van der Waals surface area contributed by atoms with Crippen LogP contribution in [0.2, 0.25) is 0 Å². The molecule has 2 nitrogen and oxygen atoms in total. The minimum atomic E-state index is -0.266. The van der Waals surface area contributed by atoms with E-state index in [9.17, 15) is 9.18 Å². The molecule has 0 spiro atoms. The molecule has 1 unspecified atom stereocenters. The normalized spacial score (nSPS) is 16.8. The summed E-state index contributed by atoms with van der Waals surface area (Å²) < 4.78 is 12.7. The molecule has 0 N–H and O–H groups in total. The quantitative estimate of drug-likeness (QED) is 0.749. The highest BCUT2D eigenvalue weighted by Gasteiger charge is 2.31. The lowest BCUT2D eigenvalue weighted by Gasteiger charge is -2.23. The number of hydrogen-bond donors (Lipinski definition) is 0. The van der Waals surface area contributed by atoms with Crippen molar-refractivity contribution in [2.75, 3.05) is 7.05 Å². The molecule has 0 aromatic heterocycles. The summed E-state index contributed by atoms with van der Waals surface area (Å²) in [7, 11) is 1.83. The zero-order valence-electron chi connectivity index (χ0n) is 10.8. The fourth-order valence-corrected chi connectivity index (χ4v) is 1.95. The third-order valence-corrected chi connectivity index (χ3v) is 3.55. The predicted molar refractivity (Wildman–Crippen MR) is 70.4 cm³/mol. The Kier molecular flexibility index (Phi) is 3.80. The van der Waals surface area contributed by atoms with Gasteiger partial charge >= 0.3 is 0 Å². The van der Waals surface area contributed by atoms with E-state index >= 15 is 0 Å². The van der Waals surface area contributed by atoms with E-state index in [1.807, 2.05) is 7.05 Å². The van der Waals surface area contributed by atoms with Gasteiger partial charge in [-0.25, -0.2) is 4.39 Å².